The lowest BCUT2D eigenvalue weighted by Crippen LogP contribution is -2.38. The summed E-state index contributed by atoms with van der Waals surface area (Å²) in [5, 5.41) is 0. The summed E-state index contributed by atoms with van der Waals surface area (Å²) in [5.41, 5.74) is 1.98. The smallest absolute Gasteiger partial charge is 0.255 e. The summed E-state index contributed by atoms with van der Waals surface area (Å²) in [6.07, 6.45) is 5.26. The third-order valence-corrected chi connectivity index (χ3v) is 3.74. The van der Waals surface area contributed by atoms with Gasteiger partial charge in [-0.25, -0.2) is 4.98 Å². The topological polar surface area (TPSA) is 58.2 Å². The Hall–Kier alpha value is -1.36. The molecular weight excluding hydrogens is 230 g/mol. The third-order valence-electron chi connectivity index (χ3n) is 3.74. The van der Waals surface area contributed by atoms with Crippen LogP contribution in [-0.4, -0.2) is 36.3 Å². The van der Waals surface area contributed by atoms with E-state index in [1.165, 1.54) is 6.42 Å². The molecule has 0 spiro atoms. The average Bonchev–Trinajstić information content (AvgIpc) is 2.65. The minimum Gasteiger partial charge on any atom is -0.378 e. The highest BCUT2D eigenvalue weighted by atomic mass is 16.5. The highest BCUT2D eigenvalue weighted by Gasteiger charge is 2.18. The zero-order valence-electron chi connectivity index (χ0n) is 10.6. The lowest BCUT2D eigenvalue weighted by molar-refractivity contribution is 0.122. The number of ether oxygens (including phenoxy) is 1. The van der Waals surface area contributed by atoms with E-state index in [9.17, 15) is 4.79 Å². The van der Waals surface area contributed by atoms with Crippen LogP contribution in [0.1, 0.15) is 30.5 Å². The second-order valence-electron chi connectivity index (χ2n) is 4.97. The zero-order chi connectivity index (χ0) is 12.4. The van der Waals surface area contributed by atoms with Crippen LogP contribution in [0, 0.1) is 0 Å². The first-order valence-electron chi connectivity index (χ1n) is 6.79. The van der Waals surface area contributed by atoms with Crippen LogP contribution in [0.4, 0.5) is 5.95 Å². The largest absolute Gasteiger partial charge is 0.378 e. The van der Waals surface area contributed by atoms with Crippen LogP contribution in [0.2, 0.25) is 0 Å². The molecule has 0 aromatic carbocycles. The van der Waals surface area contributed by atoms with Crippen molar-refractivity contribution in [1.82, 2.24) is 9.97 Å². The molecule has 5 nitrogen and oxygen atoms in total. The highest BCUT2D eigenvalue weighted by Crippen LogP contribution is 2.18. The molecule has 2 heterocycles. The van der Waals surface area contributed by atoms with Gasteiger partial charge in [-0.1, -0.05) is 6.42 Å². The summed E-state index contributed by atoms with van der Waals surface area (Å²) in [6, 6.07) is 0. The normalized spacial score (nSPS) is 20.3. The molecule has 1 aliphatic carbocycles. The first-order valence-corrected chi connectivity index (χ1v) is 6.79. The quantitative estimate of drug-likeness (QED) is 0.750. The van der Waals surface area contributed by atoms with E-state index >= 15 is 0 Å². The number of nitrogens with zero attached hydrogens (tertiary/aromatic N) is 2. The lowest BCUT2D eigenvalue weighted by atomic mass is 10.1. The fourth-order valence-corrected chi connectivity index (χ4v) is 2.69. The molecule has 18 heavy (non-hydrogen) atoms. The number of rotatable bonds is 1. The molecule has 0 radical (unpaired) electrons. The van der Waals surface area contributed by atoms with Crippen LogP contribution >= 0.6 is 0 Å². The minimum absolute atomic E-state index is 0.0587. The summed E-state index contributed by atoms with van der Waals surface area (Å²) in [7, 11) is 0. The van der Waals surface area contributed by atoms with Gasteiger partial charge in [0.25, 0.3) is 5.56 Å². The number of nitrogens with one attached hydrogen (secondary N) is 1. The lowest BCUT2D eigenvalue weighted by Gasteiger charge is -2.27. The molecule has 5 heteroatoms. The van der Waals surface area contributed by atoms with Crippen molar-refractivity contribution in [2.45, 2.75) is 32.1 Å². The molecule has 0 unspecified atom stereocenters. The maximum atomic E-state index is 12.1. The van der Waals surface area contributed by atoms with Crippen molar-refractivity contribution in [1.29, 1.82) is 0 Å². The van der Waals surface area contributed by atoms with E-state index < -0.39 is 0 Å². The first kappa shape index (κ1) is 11.7. The fourth-order valence-electron chi connectivity index (χ4n) is 2.69. The van der Waals surface area contributed by atoms with Crippen molar-refractivity contribution in [3.05, 3.63) is 21.6 Å². The molecule has 0 atom stereocenters. The Morgan fingerprint density at radius 3 is 2.72 bits per heavy atom. The molecule has 1 saturated heterocycles. The molecule has 98 valence electrons. The van der Waals surface area contributed by atoms with Crippen LogP contribution in [0.3, 0.4) is 0 Å². The zero-order valence-corrected chi connectivity index (χ0v) is 10.6. The standard InChI is InChI=1S/C13H19N3O2/c17-12-10-4-2-1-3-5-11(10)14-13(15-12)16-6-8-18-9-7-16/h1-9H2,(H,14,15,17). The second-order valence-corrected chi connectivity index (χ2v) is 4.97. The Morgan fingerprint density at radius 2 is 1.89 bits per heavy atom. The Morgan fingerprint density at radius 1 is 1.11 bits per heavy atom. The van der Waals surface area contributed by atoms with E-state index in [4.69, 9.17) is 4.74 Å². The van der Waals surface area contributed by atoms with Gasteiger partial charge >= 0.3 is 0 Å². The van der Waals surface area contributed by atoms with E-state index in [1.54, 1.807) is 0 Å². The summed E-state index contributed by atoms with van der Waals surface area (Å²) >= 11 is 0. The van der Waals surface area contributed by atoms with Crippen LogP contribution in [0.15, 0.2) is 4.79 Å². The van der Waals surface area contributed by atoms with E-state index in [0.29, 0.717) is 13.2 Å². The number of hydrogen-bond donors (Lipinski definition) is 1. The Labute approximate surface area is 106 Å². The fraction of sp³-hybridized carbons (Fsp3) is 0.692. The molecule has 0 bridgehead atoms. The second kappa shape index (κ2) is 5.10. The van der Waals surface area contributed by atoms with Gasteiger partial charge in [0.15, 0.2) is 0 Å². The van der Waals surface area contributed by atoms with Gasteiger partial charge in [-0.15, -0.1) is 0 Å². The van der Waals surface area contributed by atoms with E-state index in [-0.39, 0.29) is 5.56 Å². The molecule has 1 aromatic heterocycles. The van der Waals surface area contributed by atoms with Gasteiger partial charge < -0.3 is 9.64 Å². The number of aromatic nitrogens is 2. The van der Waals surface area contributed by atoms with Crippen LogP contribution in [0.5, 0.6) is 0 Å². The number of aryl methyl sites for hydroxylation is 1. The molecule has 1 fully saturated rings. The summed E-state index contributed by atoms with van der Waals surface area (Å²) in [5.74, 6) is 0.726. The molecule has 3 rings (SSSR count). The number of morpholine rings is 1. The molecule has 2 aliphatic rings. The predicted octanol–water partition coefficient (Wildman–Crippen LogP) is 0.875. The van der Waals surface area contributed by atoms with Gasteiger partial charge in [0.2, 0.25) is 5.95 Å². The van der Waals surface area contributed by atoms with Gasteiger partial charge in [-0.05, 0) is 25.7 Å². The summed E-state index contributed by atoms with van der Waals surface area (Å²) in [4.78, 5) is 21.8. The average molecular weight is 249 g/mol. The molecule has 0 saturated carbocycles. The number of fused-ring (bicyclic) bond motifs is 1. The van der Waals surface area contributed by atoms with Crippen LogP contribution in [0.25, 0.3) is 0 Å². The van der Waals surface area contributed by atoms with Gasteiger partial charge in [-0.2, -0.15) is 0 Å². The number of anilines is 1. The molecule has 1 aromatic rings. The van der Waals surface area contributed by atoms with Crippen molar-refractivity contribution >= 4 is 5.95 Å². The van der Waals surface area contributed by atoms with Gasteiger partial charge in [-0.3, -0.25) is 9.78 Å². The van der Waals surface area contributed by atoms with Crippen molar-refractivity contribution < 1.29 is 4.74 Å². The maximum absolute atomic E-state index is 12.1. The SMILES string of the molecule is O=c1[nH]c(N2CCOCC2)nc2c1CCCCC2. The molecular formula is C13H19N3O2. The number of aromatic amines is 1. The Balaban J connectivity index is 1.94. The van der Waals surface area contributed by atoms with Crippen molar-refractivity contribution in [3.8, 4) is 0 Å². The van der Waals surface area contributed by atoms with E-state index in [0.717, 1.165) is 56.0 Å². The van der Waals surface area contributed by atoms with Crippen molar-refractivity contribution in [2.24, 2.45) is 0 Å². The molecule has 0 amide bonds. The van der Waals surface area contributed by atoms with E-state index in [1.807, 2.05) is 0 Å². The highest BCUT2D eigenvalue weighted by molar-refractivity contribution is 5.34. The maximum Gasteiger partial charge on any atom is 0.255 e. The van der Waals surface area contributed by atoms with Crippen LogP contribution < -0.4 is 10.5 Å². The van der Waals surface area contributed by atoms with Gasteiger partial charge in [0.05, 0.1) is 18.9 Å². The van der Waals surface area contributed by atoms with E-state index in [2.05, 4.69) is 14.9 Å². The Kier molecular flexibility index (Phi) is 3.32. The third kappa shape index (κ3) is 2.27. The van der Waals surface area contributed by atoms with Crippen LogP contribution in [-0.2, 0) is 17.6 Å². The number of H-pyrrole nitrogens is 1. The molecule has 1 N–H and O–H groups in total. The monoisotopic (exact) mass is 249 g/mol. The Bertz CT molecular complexity index is 478. The van der Waals surface area contributed by atoms with Crippen molar-refractivity contribution in [2.75, 3.05) is 31.2 Å². The predicted molar refractivity (Wildman–Crippen MR) is 69.1 cm³/mol. The first-order chi connectivity index (χ1) is 8.84. The molecule has 1 aliphatic heterocycles. The minimum atomic E-state index is 0.0587. The van der Waals surface area contributed by atoms with Crippen molar-refractivity contribution in [3.63, 3.8) is 0 Å². The van der Waals surface area contributed by atoms with Gasteiger partial charge in [0, 0.05) is 18.7 Å². The summed E-state index contributed by atoms with van der Waals surface area (Å²) < 4.78 is 5.32. The number of hydrogen-bond acceptors (Lipinski definition) is 4. The summed E-state index contributed by atoms with van der Waals surface area (Å²) in [6.45, 7) is 3.03. The van der Waals surface area contributed by atoms with Gasteiger partial charge in [0.1, 0.15) is 0 Å².